The second kappa shape index (κ2) is 13.0. The first kappa shape index (κ1) is 30.9. The number of carbonyl (C=O) groups excluding carboxylic acids is 2. The number of thioether (sulfide) groups is 1. The van der Waals surface area contributed by atoms with Gasteiger partial charge < -0.3 is 25.3 Å². The molecular weight excluding hydrogens is 601 g/mol. The Kier molecular flexibility index (Phi) is 9.12. The minimum Gasteiger partial charge on any atom is -0.496 e. The molecule has 0 radical (unpaired) electrons. The molecule has 44 heavy (non-hydrogen) atoms. The Bertz CT molecular complexity index is 1740. The second-order valence-electron chi connectivity index (χ2n) is 10.2. The predicted molar refractivity (Wildman–Crippen MR) is 169 cm³/mol. The summed E-state index contributed by atoms with van der Waals surface area (Å²) in [5, 5.41) is 22.4. The Morgan fingerprint density at radius 2 is 1.86 bits per heavy atom. The van der Waals surface area contributed by atoms with Crippen LogP contribution in [0.25, 0.3) is 0 Å². The zero-order valence-corrected chi connectivity index (χ0v) is 26.6. The van der Waals surface area contributed by atoms with Crippen molar-refractivity contribution in [2.45, 2.75) is 43.4 Å². The van der Waals surface area contributed by atoms with Crippen molar-refractivity contribution in [1.29, 1.82) is 5.26 Å². The largest absolute Gasteiger partial charge is 0.496 e. The Morgan fingerprint density at radius 3 is 2.57 bits per heavy atom. The molecule has 13 heteroatoms. The number of benzene rings is 2. The first-order valence-corrected chi connectivity index (χ1v) is 15.6. The third-order valence-electron chi connectivity index (χ3n) is 7.75. The van der Waals surface area contributed by atoms with Crippen molar-refractivity contribution in [1.82, 2.24) is 10.2 Å². The summed E-state index contributed by atoms with van der Waals surface area (Å²) in [7, 11) is 4.55. The number of hydrogen-bond acceptors (Lipinski definition) is 12. The number of Topliss-reactive ketones (excluding diaryl/α,β-unsaturated/α-hetero) is 1. The number of hydrogen-bond donors (Lipinski definition) is 2. The first-order chi connectivity index (χ1) is 21.2. The SMILES string of the molecule is COc1cc(OC)c(C2C(C#N)=C(N)N(c3nnc(SCC(=O)Nc4cccc(C)c4C)s3)C3=C2C(=O)CCC3)cc1OC. The molecule has 3 aromatic rings. The third kappa shape index (κ3) is 5.70. The Morgan fingerprint density at radius 1 is 1.14 bits per heavy atom. The van der Waals surface area contributed by atoms with Gasteiger partial charge in [-0.1, -0.05) is 35.2 Å². The number of rotatable bonds is 9. The standard InChI is InChI=1S/C31H32N6O5S2/c1-16-8-6-9-20(17(16)2)34-26(39)15-43-31-36-35-30(44-31)37-21-10-7-11-22(38)28(21)27(19(14-32)29(37)33)18-12-24(41-4)25(42-5)13-23(18)40-3/h6,8-9,12-13,27H,7,10-11,15,33H2,1-5H3,(H,34,39). The van der Waals surface area contributed by atoms with Crippen molar-refractivity contribution in [3.8, 4) is 23.3 Å². The van der Waals surface area contributed by atoms with Gasteiger partial charge in [-0.2, -0.15) is 5.26 Å². The summed E-state index contributed by atoms with van der Waals surface area (Å²) in [4.78, 5) is 27.9. The Balaban J connectivity index is 1.48. The van der Waals surface area contributed by atoms with Gasteiger partial charge in [-0.25, -0.2) is 0 Å². The molecule has 0 bridgehead atoms. The monoisotopic (exact) mass is 632 g/mol. The van der Waals surface area contributed by atoms with Gasteiger partial charge in [0.15, 0.2) is 21.6 Å². The maximum Gasteiger partial charge on any atom is 0.234 e. The van der Waals surface area contributed by atoms with Crippen LogP contribution in [0.4, 0.5) is 10.8 Å². The number of nitrogens with zero attached hydrogens (tertiary/aromatic N) is 4. The fourth-order valence-electron chi connectivity index (χ4n) is 5.45. The van der Waals surface area contributed by atoms with Crippen molar-refractivity contribution in [2.24, 2.45) is 5.73 Å². The van der Waals surface area contributed by atoms with Crippen LogP contribution in [0, 0.1) is 25.2 Å². The van der Waals surface area contributed by atoms with Gasteiger partial charge in [0.25, 0.3) is 0 Å². The van der Waals surface area contributed by atoms with E-state index in [9.17, 15) is 14.9 Å². The number of nitrogens with one attached hydrogen (secondary N) is 1. The molecule has 2 heterocycles. The van der Waals surface area contributed by atoms with E-state index in [0.717, 1.165) is 16.8 Å². The van der Waals surface area contributed by atoms with Crippen LogP contribution in [0.2, 0.25) is 0 Å². The molecule has 1 aliphatic carbocycles. The first-order valence-electron chi connectivity index (χ1n) is 13.8. The number of nitriles is 1. The molecule has 1 atom stereocenters. The van der Waals surface area contributed by atoms with Gasteiger partial charge in [0.2, 0.25) is 11.0 Å². The maximum atomic E-state index is 13.6. The molecule has 0 fully saturated rings. The molecule has 3 N–H and O–H groups in total. The number of amides is 1. The van der Waals surface area contributed by atoms with Gasteiger partial charge in [0.05, 0.1) is 44.6 Å². The van der Waals surface area contributed by atoms with E-state index in [1.54, 1.807) is 17.0 Å². The number of nitrogens with two attached hydrogens (primary N) is 1. The van der Waals surface area contributed by atoms with Crippen molar-refractivity contribution in [3.63, 3.8) is 0 Å². The van der Waals surface area contributed by atoms with Crippen molar-refractivity contribution < 1.29 is 23.8 Å². The highest BCUT2D eigenvalue weighted by atomic mass is 32.2. The van der Waals surface area contributed by atoms with Crippen LogP contribution in [0.3, 0.4) is 0 Å². The van der Waals surface area contributed by atoms with E-state index in [-0.39, 0.29) is 28.8 Å². The fraction of sp³-hybridized carbons (Fsp3) is 0.323. The van der Waals surface area contributed by atoms with Crippen molar-refractivity contribution >= 4 is 45.6 Å². The van der Waals surface area contributed by atoms with Crippen LogP contribution < -0.4 is 30.2 Å². The van der Waals surface area contributed by atoms with E-state index in [1.165, 1.54) is 44.4 Å². The van der Waals surface area contributed by atoms with Crippen LogP contribution >= 0.6 is 23.1 Å². The molecule has 2 aromatic carbocycles. The van der Waals surface area contributed by atoms with Crippen molar-refractivity contribution in [2.75, 3.05) is 37.3 Å². The lowest BCUT2D eigenvalue weighted by atomic mass is 9.75. The molecule has 1 amide bonds. The summed E-state index contributed by atoms with van der Waals surface area (Å²) in [6.07, 6.45) is 1.51. The molecule has 0 saturated carbocycles. The van der Waals surface area contributed by atoms with Crippen LogP contribution in [-0.4, -0.2) is 49.0 Å². The second-order valence-corrected chi connectivity index (χ2v) is 12.4. The average molecular weight is 633 g/mol. The number of ketones is 1. The zero-order valence-electron chi connectivity index (χ0n) is 25.0. The van der Waals surface area contributed by atoms with Crippen LogP contribution in [-0.2, 0) is 9.59 Å². The topological polar surface area (TPSA) is 153 Å². The van der Waals surface area contributed by atoms with Gasteiger partial charge in [-0.3, -0.25) is 14.5 Å². The third-order valence-corrected chi connectivity index (χ3v) is 9.79. The normalized spacial score (nSPS) is 16.4. The summed E-state index contributed by atoms with van der Waals surface area (Å²) < 4.78 is 17.2. The summed E-state index contributed by atoms with van der Waals surface area (Å²) in [5.74, 6) is 0.573. The smallest absolute Gasteiger partial charge is 0.234 e. The quantitative estimate of drug-likeness (QED) is 0.299. The van der Waals surface area contributed by atoms with Gasteiger partial charge in [-0.05, 0) is 49.9 Å². The van der Waals surface area contributed by atoms with E-state index >= 15 is 0 Å². The molecule has 1 unspecified atom stereocenters. The molecule has 0 spiro atoms. The molecule has 5 rings (SSSR count). The van der Waals surface area contributed by atoms with Crippen LogP contribution in [0.5, 0.6) is 17.2 Å². The predicted octanol–water partition coefficient (Wildman–Crippen LogP) is 5.22. The molecule has 1 aromatic heterocycles. The molecule has 228 valence electrons. The molecule has 0 saturated heterocycles. The highest BCUT2D eigenvalue weighted by molar-refractivity contribution is 8.01. The number of carbonyl (C=O) groups is 2. The number of anilines is 2. The molecular formula is C31H32N6O5S2. The number of ether oxygens (including phenoxy) is 3. The van der Waals surface area contributed by atoms with Gasteiger partial charge in [0.1, 0.15) is 11.6 Å². The lowest BCUT2D eigenvalue weighted by Crippen LogP contribution is -2.38. The van der Waals surface area contributed by atoms with E-state index < -0.39 is 5.92 Å². The van der Waals surface area contributed by atoms with E-state index in [0.29, 0.717) is 62.8 Å². The lowest BCUT2D eigenvalue weighted by Gasteiger charge is -2.38. The minimum atomic E-state index is -0.774. The van der Waals surface area contributed by atoms with E-state index in [4.69, 9.17) is 19.9 Å². The van der Waals surface area contributed by atoms with Gasteiger partial charge >= 0.3 is 0 Å². The number of methoxy groups -OCH3 is 3. The number of aryl methyl sites for hydroxylation is 1. The van der Waals surface area contributed by atoms with Crippen molar-refractivity contribution in [3.05, 3.63) is 69.7 Å². The average Bonchev–Trinajstić information content (AvgIpc) is 3.49. The van der Waals surface area contributed by atoms with Gasteiger partial charge in [0, 0.05) is 35.0 Å². The summed E-state index contributed by atoms with van der Waals surface area (Å²) in [5.41, 5.74) is 11.5. The summed E-state index contributed by atoms with van der Waals surface area (Å²) >= 11 is 2.49. The van der Waals surface area contributed by atoms with Crippen LogP contribution in [0.15, 0.2) is 57.3 Å². The zero-order chi connectivity index (χ0) is 31.5. The number of allylic oxidation sites excluding steroid dienone is 3. The fourth-order valence-corrected chi connectivity index (χ4v) is 7.13. The molecule has 11 nitrogen and oxygen atoms in total. The van der Waals surface area contributed by atoms with Gasteiger partial charge in [-0.15, -0.1) is 10.2 Å². The number of aromatic nitrogens is 2. The minimum absolute atomic E-state index is 0.0828. The lowest BCUT2D eigenvalue weighted by molar-refractivity contribution is -0.116. The van der Waals surface area contributed by atoms with E-state index in [1.807, 2.05) is 32.0 Å². The summed E-state index contributed by atoms with van der Waals surface area (Å²) in [6, 6.07) is 11.4. The molecule has 1 aliphatic heterocycles. The van der Waals surface area contributed by atoms with E-state index in [2.05, 4.69) is 21.6 Å². The summed E-state index contributed by atoms with van der Waals surface area (Å²) in [6.45, 7) is 3.96. The molecule has 2 aliphatic rings. The maximum absolute atomic E-state index is 13.6. The Hall–Kier alpha value is -4.54. The Labute approximate surface area is 263 Å². The highest BCUT2D eigenvalue weighted by Crippen LogP contribution is 2.50. The highest BCUT2D eigenvalue weighted by Gasteiger charge is 2.42. The van der Waals surface area contributed by atoms with Crippen LogP contribution in [0.1, 0.15) is 41.9 Å².